The van der Waals surface area contributed by atoms with Crippen LogP contribution in [0.2, 0.25) is 0 Å². The summed E-state index contributed by atoms with van der Waals surface area (Å²) in [6, 6.07) is 17.3. The van der Waals surface area contributed by atoms with E-state index in [1.54, 1.807) is 0 Å². The molecule has 0 saturated carbocycles. The van der Waals surface area contributed by atoms with E-state index in [0.717, 1.165) is 49.3 Å². The molecule has 0 bridgehead atoms. The quantitative estimate of drug-likeness (QED) is 0.435. The van der Waals surface area contributed by atoms with Crippen molar-refractivity contribution in [1.82, 2.24) is 9.80 Å². The first-order chi connectivity index (χ1) is 15.8. The number of ketones is 1. The van der Waals surface area contributed by atoms with E-state index < -0.39 is 11.9 Å². The van der Waals surface area contributed by atoms with Crippen LogP contribution in [0.5, 0.6) is 0 Å². The Bertz CT molecular complexity index is 1130. The molecule has 33 heavy (non-hydrogen) atoms. The van der Waals surface area contributed by atoms with Crippen molar-refractivity contribution >= 4 is 28.7 Å². The number of carboxylic acids is 2. The van der Waals surface area contributed by atoms with E-state index in [0.29, 0.717) is 23.5 Å². The highest BCUT2D eigenvalue weighted by Gasteiger charge is 2.24. The summed E-state index contributed by atoms with van der Waals surface area (Å²) in [6.07, 6.45) is 1.12. The number of piperazine rings is 1. The number of likely N-dealkylation sites (N-methyl/N-ethyl adjacent to an activating group) is 1. The van der Waals surface area contributed by atoms with Gasteiger partial charge in [0.05, 0.1) is 0 Å². The van der Waals surface area contributed by atoms with Gasteiger partial charge in [0.15, 0.2) is 5.76 Å². The number of para-hydroxylation sites is 1. The van der Waals surface area contributed by atoms with Gasteiger partial charge in [-0.1, -0.05) is 48.5 Å². The molecule has 0 radical (unpaired) electrons. The molecule has 3 aromatic rings. The van der Waals surface area contributed by atoms with E-state index >= 15 is 0 Å². The molecule has 2 aromatic carbocycles. The van der Waals surface area contributed by atoms with Crippen LogP contribution in [-0.2, 0) is 16.1 Å². The van der Waals surface area contributed by atoms with Gasteiger partial charge >= 0.3 is 11.9 Å². The lowest BCUT2D eigenvalue weighted by atomic mass is 10.0. The van der Waals surface area contributed by atoms with Crippen molar-refractivity contribution in [2.24, 2.45) is 0 Å². The molecule has 8 nitrogen and oxygen atoms in total. The molecule has 2 N–H and O–H groups in total. The van der Waals surface area contributed by atoms with Crippen LogP contribution >= 0.6 is 0 Å². The van der Waals surface area contributed by atoms with Gasteiger partial charge < -0.3 is 19.5 Å². The van der Waals surface area contributed by atoms with Gasteiger partial charge in [0.1, 0.15) is 5.58 Å². The second-order valence-corrected chi connectivity index (χ2v) is 7.69. The van der Waals surface area contributed by atoms with E-state index in [2.05, 4.69) is 16.8 Å². The summed E-state index contributed by atoms with van der Waals surface area (Å²) in [7, 11) is 2.15. The van der Waals surface area contributed by atoms with Crippen molar-refractivity contribution in [3.63, 3.8) is 0 Å². The SMILES string of the molecule is CN1CCN(Cc2c(C(=O)c3ccccc3)oc3ccccc23)CC1.O=C(O)/C=C\C(=O)O. The molecule has 1 aliphatic heterocycles. The van der Waals surface area contributed by atoms with Crippen molar-refractivity contribution in [3.05, 3.63) is 83.6 Å². The Balaban J connectivity index is 0.000000331. The zero-order chi connectivity index (χ0) is 23.8. The smallest absolute Gasteiger partial charge is 0.328 e. The van der Waals surface area contributed by atoms with Crippen LogP contribution in [0.15, 0.2) is 71.2 Å². The molecule has 8 heteroatoms. The van der Waals surface area contributed by atoms with Crippen LogP contribution in [0.25, 0.3) is 11.0 Å². The van der Waals surface area contributed by atoms with E-state index in [1.165, 1.54) is 0 Å². The molecular weight excluding hydrogens is 424 g/mol. The molecular formula is C25H26N2O6. The van der Waals surface area contributed by atoms with Gasteiger partial charge in [0.2, 0.25) is 5.78 Å². The van der Waals surface area contributed by atoms with Gasteiger partial charge in [-0.15, -0.1) is 0 Å². The first kappa shape index (κ1) is 23.9. The highest BCUT2D eigenvalue weighted by atomic mass is 16.4. The Morgan fingerprint density at radius 2 is 1.45 bits per heavy atom. The van der Waals surface area contributed by atoms with Crippen molar-refractivity contribution in [2.75, 3.05) is 33.2 Å². The predicted octanol–water partition coefficient (Wildman–Crippen LogP) is 3.12. The summed E-state index contributed by atoms with van der Waals surface area (Å²) in [5.74, 6) is -2.08. The van der Waals surface area contributed by atoms with E-state index in [4.69, 9.17) is 14.6 Å². The van der Waals surface area contributed by atoms with Crippen molar-refractivity contribution in [3.8, 4) is 0 Å². The lowest BCUT2D eigenvalue weighted by Crippen LogP contribution is -2.44. The van der Waals surface area contributed by atoms with Crippen molar-refractivity contribution in [1.29, 1.82) is 0 Å². The Kier molecular flexibility index (Phi) is 8.12. The van der Waals surface area contributed by atoms with Gasteiger partial charge in [-0.2, -0.15) is 0 Å². The van der Waals surface area contributed by atoms with Crippen molar-refractivity contribution in [2.45, 2.75) is 6.54 Å². The van der Waals surface area contributed by atoms with Crippen molar-refractivity contribution < 1.29 is 29.0 Å². The second-order valence-electron chi connectivity index (χ2n) is 7.69. The molecule has 2 heterocycles. The molecule has 0 atom stereocenters. The molecule has 172 valence electrons. The number of hydrogen-bond acceptors (Lipinski definition) is 6. The summed E-state index contributed by atoms with van der Waals surface area (Å²) in [6.45, 7) is 4.87. The summed E-state index contributed by atoms with van der Waals surface area (Å²) in [4.78, 5) is 36.9. The molecule has 0 amide bonds. The van der Waals surface area contributed by atoms with Crippen LogP contribution in [-0.4, -0.2) is 71.0 Å². The molecule has 4 rings (SSSR count). The minimum atomic E-state index is -1.26. The number of benzene rings is 2. The molecule has 1 fully saturated rings. The minimum Gasteiger partial charge on any atom is -0.478 e. The van der Waals surface area contributed by atoms with Gasteiger partial charge in [-0.3, -0.25) is 9.69 Å². The van der Waals surface area contributed by atoms with Gasteiger partial charge in [-0.25, -0.2) is 9.59 Å². The number of carbonyl (C=O) groups is 3. The molecule has 1 saturated heterocycles. The predicted molar refractivity (Wildman–Crippen MR) is 123 cm³/mol. The van der Waals surface area contributed by atoms with Gasteiger partial charge in [-0.05, 0) is 13.1 Å². The van der Waals surface area contributed by atoms with Gasteiger partial charge in [0.25, 0.3) is 0 Å². The number of fused-ring (bicyclic) bond motifs is 1. The third-order valence-electron chi connectivity index (χ3n) is 5.29. The van der Waals surface area contributed by atoms with Crippen LogP contribution in [0, 0.1) is 0 Å². The number of rotatable bonds is 6. The number of furan rings is 1. The third-order valence-corrected chi connectivity index (χ3v) is 5.29. The Morgan fingerprint density at radius 1 is 0.879 bits per heavy atom. The Hall–Kier alpha value is -3.75. The minimum absolute atomic E-state index is 0.0408. The first-order valence-electron chi connectivity index (χ1n) is 10.5. The summed E-state index contributed by atoms with van der Waals surface area (Å²) in [5, 5.41) is 16.7. The fourth-order valence-electron chi connectivity index (χ4n) is 3.53. The number of hydrogen-bond donors (Lipinski definition) is 2. The fourth-order valence-corrected chi connectivity index (χ4v) is 3.53. The number of carboxylic acid groups (broad SMARTS) is 2. The van der Waals surface area contributed by atoms with Gasteiger partial charge in [0, 0.05) is 61.4 Å². The molecule has 1 aliphatic rings. The van der Waals surface area contributed by atoms with E-state index in [1.807, 2.05) is 54.6 Å². The normalized spacial score (nSPS) is 14.7. The Morgan fingerprint density at radius 3 is 2.06 bits per heavy atom. The maximum atomic E-state index is 13.0. The van der Waals surface area contributed by atoms with E-state index in [-0.39, 0.29) is 5.78 Å². The zero-order valence-corrected chi connectivity index (χ0v) is 18.3. The standard InChI is InChI=1S/C21H22N2O2.C4H4O4/c1-22-11-13-23(14-12-22)15-18-17-9-5-6-10-19(17)25-21(18)20(24)16-7-3-2-4-8-16;5-3(6)1-2-4(7)8/h2-10H,11-15H2,1H3;1-2H,(H,5,6)(H,7,8)/b;2-1-. The fraction of sp³-hybridized carbons (Fsp3) is 0.240. The summed E-state index contributed by atoms with van der Waals surface area (Å²) in [5.41, 5.74) is 2.46. The number of nitrogens with zero attached hydrogens (tertiary/aromatic N) is 2. The number of aliphatic carboxylic acids is 2. The largest absolute Gasteiger partial charge is 0.478 e. The maximum absolute atomic E-state index is 13.0. The lowest BCUT2D eigenvalue weighted by Gasteiger charge is -2.32. The second kappa shape index (κ2) is 11.2. The van der Waals surface area contributed by atoms with Crippen LogP contribution < -0.4 is 0 Å². The highest BCUT2D eigenvalue weighted by molar-refractivity contribution is 6.10. The maximum Gasteiger partial charge on any atom is 0.328 e. The average Bonchev–Trinajstić information content (AvgIpc) is 3.18. The lowest BCUT2D eigenvalue weighted by molar-refractivity contribution is -0.134. The Labute approximate surface area is 191 Å². The molecule has 1 aromatic heterocycles. The van der Waals surface area contributed by atoms with Crippen LogP contribution in [0.4, 0.5) is 0 Å². The van der Waals surface area contributed by atoms with Crippen LogP contribution in [0.1, 0.15) is 21.7 Å². The first-order valence-corrected chi connectivity index (χ1v) is 10.5. The topological polar surface area (TPSA) is 111 Å². The molecule has 0 unspecified atom stereocenters. The average molecular weight is 450 g/mol. The number of carbonyl (C=O) groups excluding carboxylic acids is 1. The monoisotopic (exact) mass is 450 g/mol. The zero-order valence-electron chi connectivity index (χ0n) is 18.3. The van der Waals surface area contributed by atoms with Crippen LogP contribution in [0.3, 0.4) is 0 Å². The summed E-state index contributed by atoms with van der Waals surface area (Å²) >= 11 is 0. The molecule has 0 spiro atoms. The highest BCUT2D eigenvalue weighted by Crippen LogP contribution is 2.29. The third kappa shape index (κ3) is 6.61. The van der Waals surface area contributed by atoms with E-state index in [9.17, 15) is 14.4 Å². The summed E-state index contributed by atoms with van der Waals surface area (Å²) < 4.78 is 5.99. The molecule has 0 aliphatic carbocycles.